The van der Waals surface area contributed by atoms with E-state index in [4.69, 9.17) is 4.74 Å². The summed E-state index contributed by atoms with van der Waals surface area (Å²) in [5, 5.41) is 9.74. The molecule has 1 N–H and O–H groups in total. The maximum Gasteiger partial charge on any atom is 0.247 e. The Morgan fingerprint density at radius 1 is 1.30 bits per heavy atom. The highest BCUT2D eigenvalue weighted by Gasteiger charge is 2.38. The number of hydrogen-bond acceptors (Lipinski definition) is 5. The number of nitrogens with zero attached hydrogens (tertiary/aromatic N) is 2. The van der Waals surface area contributed by atoms with Crippen molar-refractivity contribution < 1.29 is 22.7 Å². The summed E-state index contributed by atoms with van der Waals surface area (Å²) in [5.74, 6) is -0.140. The molecule has 8 heteroatoms. The van der Waals surface area contributed by atoms with Gasteiger partial charge in [-0.25, -0.2) is 12.8 Å². The molecule has 0 unspecified atom stereocenters. The minimum absolute atomic E-state index is 0.0877. The highest BCUT2D eigenvalue weighted by molar-refractivity contribution is 7.89. The zero-order chi connectivity index (χ0) is 24.2. The van der Waals surface area contributed by atoms with Crippen LogP contribution in [0.4, 0.5) is 4.39 Å². The molecule has 2 aromatic carbocycles. The first-order valence-corrected chi connectivity index (χ1v) is 12.6. The predicted octanol–water partition coefficient (Wildman–Crippen LogP) is 3.76. The fourth-order valence-electron chi connectivity index (χ4n) is 4.05. The first kappa shape index (κ1) is 25.4. The van der Waals surface area contributed by atoms with Crippen LogP contribution < -0.4 is 4.74 Å². The van der Waals surface area contributed by atoms with Gasteiger partial charge in [0.2, 0.25) is 10.0 Å². The van der Waals surface area contributed by atoms with Gasteiger partial charge in [0.1, 0.15) is 22.6 Å². The van der Waals surface area contributed by atoms with E-state index in [1.165, 1.54) is 10.4 Å². The van der Waals surface area contributed by atoms with Gasteiger partial charge in [0.15, 0.2) is 0 Å². The molecule has 0 aliphatic carbocycles. The number of halogens is 1. The Hall–Kier alpha value is -2.26. The summed E-state index contributed by atoms with van der Waals surface area (Å²) in [6, 6.07) is 11.1. The average Bonchev–Trinajstić information content (AvgIpc) is 2.77. The standard InChI is InChI=1S/C25H33FN2O4S/c1-5-8-20-11-12-25-23(13-20)32-24(16-27(4)15-21-9-6-7-10-22(21)26)18(2)14-28(19(3)17-29)33(25,30)31/h5-13,18-19,24,29H,14-17H2,1-4H3/b8-5+/t18-,19+,24-/m1/s1. The van der Waals surface area contributed by atoms with Gasteiger partial charge in [0, 0.05) is 37.2 Å². The second kappa shape index (κ2) is 10.8. The highest BCUT2D eigenvalue weighted by atomic mass is 32.2. The molecule has 1 aliphatic rings. The van der Waals surface area contributed by atoms with Gasteiger partial charge in [0.05, 0.1) is 6.61 Å². The summed E-state index contributed by atoms with van der Waals surface area (Å²) in [6.45, 7) is 6.33. The normalized spacial score (nSPS) is 21.9. The molecule has 0 saturated carbocycles. The predicted molar refractivity (Wildman–Crippen MR) is 128 cm³/mol. The van der Waals surface area contributed by atoms with Crippen molar-refractivity contribution in [2.24, 2.45) is 5.92 Å². The lowest BCUT2D eigenvalue weighted by Crippen LogP contribution is -2.49. The van der Waals surface area contributed by atoms with Crippen LogP contribution in [0.3, 0.4) is 0 Å². The number of rotatable bonds is 7. The molecule has 0 spiro atoms. The molecule has 0 aromatic heterocycles. The van der Waals surface area contributed by atoms with Crippen LogP contribution in [0.2, 0.25) is 0 Å². The van der Waals surface area contributed by atoms with Gasteiger partial charge in [-0.1, -0.05) is 43.3 Å². The quantitative estimate of drug-likeness (QED) is 0.659. The molecule has 3 atom stereocenters. The van der Waals surface area contributed by atoms with Crippen LogP contribution >= 0.6 is 0 Å². The average molecular weight is 477 g/mol. The van der Waals surface area contributed by atoms with Gasteiger partial charge in [-0.3, -0.25) is 4.90 Å². The molecule has 1 heterocycles. The lowest BCUT2D eigenvalue weighted by atomic mass is 10.0. The zero-order valence-electron chi connectivity index (χ0n) is 19.6. The van der Waals surface area contributed by atoms with E-state index >= 15 is 0 Å². The molecule has 1 aliphatic heterocycles. The molecule has 0 saturated heterocycles. The van der Waals surface area contributed by atoms with E-state index in [2.05, 4.69) is 0 Å². The van der Waals surface area contributed by atoms with Crippen LogP contribution in [0.15, 0.2) is 53.4 Å². The van der Waals surface area contributed by atoms with E-state index in [-0.39, 0.29) is 41.6 Å². The van der Waals surface area contributed by atoms with Crippen molar-refractivity contribution in [1.82, 2.24) is 9.21 Å². The molecule has 6 nitrogen and oxygen atoms in total. The van der Waals surface area contributed by atoms with E-state index < -0.39 is 16.1 Å². The molecule has 0 amide bonds. The second-order valence-corrected chi connectivity index (χ2v) is 10.6. The minimum Gasteiger partial charge on any atom is -0.487 e. The maximum absolute atomic E-state index is 14.1. The van der Waals surface area contributed by atoms with Gasteiger partial charge in [-0.2, -0.15) is 4.31 Å². The van der Waals surface area contributed by atoms with Crippen molar-refractivity contribution in [2.45, 2.75) is 44.4 Å². The zero-order valence-corrected chi connectivity index (χ0v) is 20.4. The van der Waals surface area contributed by atoms with Gasteiger partial charge < -0.3 is 9.84 Å². The van der Waals surface area contributed by atoms with E-state index in [9.17, 15) is 17.9 Å². The smallest absolute Gasteiger partial charge is 0.247 e. The third-order valence-electron chi connectivity index (χ3n) is 5.94. The third kappa shape index (κ3) is 5.81. The number of ether oxygens (including phenoxy) is 1. The van der Waals surface area contributed by atoms with Crippen molar-refractivity contribution in [3.8, 4) is 5.75 Å². The summed E-state index contributed by atoms with van der Waals surface area (Å²) in [7, 11) is -1.97. The molecule has 0 radical (unpaired) electrons. The van der Waals surface area contributed by atoms with E-state index in [1.807, 2.05) is 37.9 Å². The Morgan fingerprint density at radius 3 is 2.70 bits per heavy atom. The number of benzene rings is 2. The second-order valence-electron chi connectivity index (χ2n) is 8.73. The third-order valence-corrected chi connectivity index (χ3v) is 7.96. The molecular weight excluding hydrogens is 443 g/mol. The molecule has 2 aromatic rings. The first-order valence-electron chi connectivity index (χ1n) is 11.2. The molecule has 3 rings (SSSR count). The van der Waals surface area contributed by atoms with Gasteiger partial charge >= 0.3 is 0 Å². The fourth-order valence-corrected chi connectivity index (χ4v) is 5.87. The summed E-state index contributed by atoms with van der Waals surface area (Å²) in [4.78, 5) is 2.06. The molecule has 0 fully saturated rings. The first-order chi connectivity index (χ1) is 15.7. The van der Waals surface area contributed by atoms with Gasteiger partial charge in [-0.15, -0.1) is 0 Å². The van der Waals surface area contributed by atoms with Crippen LogP contribution in [0, 0.1) is 11.7 Å². The van der Waals surface area contributed by atoms with E-state index in [0.717, 1.165) is 5.56 Å². The Bertz CT molecular complexity index is 1090. The lowest BCUT2D eigenvalue weighted by molar-refractivity contribution is 0.0731. The lowest BCUT2D eigenvalue weighted by Gasteiger charge is -2.37. The largest absolute Gasteiger partial charge is 0.487 e. The number of allylic oxidation sites excluding steroid dienone is 1. The number of likely N-dealkylation sites (N-methyl/N-ethyl adjacent to an activating group) is 1. The van der Waals surface area contributed by atoms with Crippen molar-refractivity contribution in [3.63, 3.8) is 0 Å². The summed E-state index contributed by atoms with van der Waals surface area (Å²) in [6.07, 6.45) is 3.42. The van der Waals surface area contributed by atoms with Crippen LogP contribution in [0.5, 0.6) is 5.75 Å². The Labute approximate surface area is 196 Å². The maximum atomic E-state index is 14.1. The number of fused-ring (bicyclic) bond motifs is 1. The Kier molecular flexibility index (Phi) is 8.28. The van der Waals surface area contributed by atoms with E-state index in [1.54, 1.807) is 43.3 Å². The Balaban J connectivity index is 1.97. The van der Waals surface area contributed by atoms with Crippen LogP contribution in [-0.4, -0.2) is 61.6 Å². The minimum atomic E-state index is -3.86. The number of aliphatic hydroxyl groups is 1. The SMILES string of the molecule is C/C=C/c1ccc2c(c1)O[C@H](CN(C)Cc1ccccc1F)[C@H](C)CN([C@@H](C)CO)S2(=O)=O. The van der Waals surface area contributed by atoms with Gasteiger partial charge in [-0.05, 0) is 44.7 Å². The van der Waals surface area contributed by atoms with Gasteiger partial charge in [0.25, 0.3) is 0 Å². The van der Waals surface area contributed by atoms with Crippen molar-refractivity contribution >= 4 is 16.1 Å². The molecule has 33 heavy (non-hydrogen) atoms. The molecule has 0 bridgehead atoms. The fraction of sp³-hybridized carbons (Fsp3) is 0.440. The van der Waals surface area contributed by atoms with Crippen LogP contribution in [0.25, 0.3) is 6.08 Å². The topological polar surface area (TPSA) is 70.1 Å². The molecular formula is C25H33FN2O4S. The number of aliphatic hydroxyl groups excluding tert-OH is 1. The summed E-state index contributed by atoms with van der Waals surface area (Å²) < 4.78 is 48.8. The van der Waals surface area contributed by atoms with Crippen LogP contribution in [0.1, 0.15) is 31.9 Å². The molecule has 180 valence electrons. The monoisotopic (exact) mass is 476 g/mol. The van der Waals surface area contributed by atoms with Crippen LogP contribution in [-0.2, 0) is 16.6 Å². The number of sulfonamides is 1. The van der Waals surface area contributed by atoms with Crippen molar-refractivity contribution in [3.05, 3.63) is 65.5 Å². The summed E-state index contributed by atoms with van der Waals surface area (Å²) >= 11 is 0. The van der Waals surface area contributed by atoms with Crippen molar-refractivity contribution in [2.75, 3.05) is 26.7 Å². The van der Waals surface area contributed by atoms with E-state index in [0.29, 0.717) is 18.7 Å². The summed E-state index contributed by atoms with van der Waals surface area (Å²) in [5.41, 5.74) is 1.42. The Morgan fingerprint density at radius 2 is 2.03 bits per heavy atom. The van der Waals surface area contributed by atoms with Crippen molar-refractivity contribution in [1.29, 1.82) is 0 Å². The number of hydrogen-bond donors (Lipinski definition) is 1. The highest BCUT2D eigenvalue weighted by Crippen LogP contribution is 2.34.